The van der Waals surface area contributed by atoms with Crippen LogP contribution in [0, 0.1) is 0 Å². The Morgan fingerprint density at radius 3 is 2.76 bits per heavy atom. The number of ether oxygens (including phenoxy) is 1. The number of ketones is 1. The molecule has 2 aromatic carbocycles. The van der Waals surface area contributed by atoms with Crippen LogP contribution in [0.4, 0.5) is 0 Å². The van der Waals surface area contributed by atoms with Crippen molar-refractivity contribution in [1.82, 2.24) is 9.78 Å². The van der Waals surface area contributed by atoms with Gasteiger partial charge >= 0.3 is 0 Å². The Labute approximate surface area is 123 Å². The van der Waals surface area contributed by atoms with E-state index in [1.807, 2.05) is 42.5 Å². The summed E-state index contributed by atoms with van der Waals surface area (Å²) in [5.41, 5.74) is 1.52. The third-order valence-corrected chi connectivity index (χ3v) is 3.62. The maximum Gasteiger partial charge on any atom is 0.189 e. The largest absolute Gasteiger partial charge is 0.493 e. The van der Waals surface area contributed by atoms with E-state index < -0.39 is 0 Å². The van der Waals surface area contributed by atoms with Crippen molar-refractivity contribution in [2.45, 2.75) is 6.42 Å². The van der Waals surface area contributed by atoms with Crippen LogP contribution in [0.2, 0.25) is 0 Å². The molecule has 0 atom stereocenters. The van der Waals surface area contributed by atoms with Gasteiger partial charge in [-0.05, 0) is 16.3 Å². The Bertz CT molecular complexity index is 800. The number of fused-ring (bicyclic) bond motifs is 1. The summed E-state index contributed by atoms with van der Waals surface area (Å²) in [6, 6.07) is 14.1. The lowest BCUT2D eigenvalue weighted by Gasteiger charge is -2.07. The quantitative estimate of drug-likeness (QED) is 0.690. The summed E-state index contributed by atoms with van der Waals surface area (Å²) < 4.78 is 6.77. The summed E-state index contributed by atoms with van der Waals surface area (Å²) in [4.78, 5) is 12.6. The summed E-state index contributed by atoms with van der Waals surface area (Å²) in [5.74, 6) is 0.519. The molecule has 0 saturated carbocycles. The first kappa shape index (κ1) is 13.4. The zero-order chi connectivity index (χ0) is 14.8. The molecular formula is C17H16N2O2. The summed E-state index contributed by atoms with van der Waals surface area (Å²) in [6.45, 7) is 0. The molecule has 0 aliphatic rings. The molecule has 3 aromatic rings. The van der Waals surface area contributed by atoms with Gasteiger partial charge in [-0.3, -0.25) is 9.48 Å². The molecule has 0 aliphatic heterocycles. The van der Waals surface area contributed by atoms with Gasteiger partial charge in [-0.25, -0.2) is 0 Å². The Kier molecular flexibility index (Phi) is 3.44. The number of aryl methyl sites for hydroxylation is 1. The molecule has 0 spiro atoms. The van der Waals surface area contributed by atoms with Crippen molar-refractivity contribution in [2.75, 3.05) is 7.11 Å². The topological polar surface area (TPSA) is 44.1 Å². The maximum absolute atomic E-state index is 12.6. The number of rotatable bonds is 4. The van der Waals surface area contributed by atoms with Gasteiger partial charge in [0, 0.05) is 13.5 Å². The van der Waals surface area contributed by atoms with Gasteiger partial charge < -0.3 is 4.74 Å². The molecule has 0 bridgehead atoms. The van der Waals surface area contributed by atoms with Crippen molar-refractivity contribution in [3.8, 4) is 5.75 Å². The van der Waals surface area contributed by atoms with Crippen molar-refractivity contribution in [3.63, 3.8) is 0 Å². The van der Waals surface area contributed by atoms with Crippen LogP contribution in [0.3, 0.4) is 0 Å². The fourth-order valence-electron chi connectivity index (χ4n) is 2.59. The van der Waals surface area contributed by atoms with Crippen molar-refractivity contribution in [1.29, 1.82) is 0 Å². The first-order valence-electron chi connectivity index (χ1n) is 6.76. The monoisotopic (exact) mass is 280 g/mol. The van der Waals surface area contributed by atoms with Crippen LogP contribution in [-0.2, 0) is 13.5 Å². The number of methoxy groups -OCH3 is 1. The van der Waals surface area contributed by atoms with Gasteiger partial charge in [0.25, 0.3) is 0 Å². The van der Waals surface area contributed by atoms with E-state index in [1.165, 1.54) is 0 Å². The predicted octanol–water partition coefficient (Wildman–Crippen LogP) is 3.01. The van der Waals surface area contributed by atoms with Crippen LogP contribution in [-0.4, -0.2) is 22.7 Å². The number of Topliss-reactive ketones (excluding diaryl/α,β-unsaturated/α-hetero) is 1. The van der Waals surface area contributed by atoms with Gasteiger partial charge in [-0.15, -0.1) is 0 Å². The van der Waals surface area contributed by atoms with Crippen LogP contribution in [0.1, 0.15) is 16.1 Å². The minimum atomic E-state index is 0.00297. The van der Waals surface area contributed by atoms with Gasteiger partial charge in [0.15, 0.2) is 11.5 Å². The normalized spacial score (nSPS) is 10.8. The number of benzene rings is 2. The van der Waals surface area contributed by atoms with E-state index in [0.717, 1.165) is 16.3 Å². The van der Waals surface area contributed by atoms with E-state index in [4.69, 9.17) is 4.74 Å². The van der Waals surface area contributed by atoms with Gasteiger partial charge in [0.1, 0.15) is 5.69 Å². The third kappa shape index (κ3) is 2.40. The average molecular weight is 280 g/mol. The summed E-state index contributed by atoms with van der Waals surface area (Å²) in [5, 5.41) is 6.33. The number of hydrogen-bond donors (Lipinski definition) is 0. The molecule has 0 N–H and O–H groups in total. The van der Waals surface area contributed by atoms with E-state index >= 15 is 0 Å². The predicted molar refractivity (Wildman–Crippen MR) is 81.7 cm³/mol. The van der Waals surface area contributed by atoms with Gasteiger partial charge in [0.2, 0.25) is 0 Å². The summed E-state index contributed by atoms with van der Waals surface area (Å²) >= 11 is 0. The van der Waals surface area contributed by atoms with Gasteiger partial charge in [0.05, 0.1) is 13.3 Å². The molecule has 1 heterocycles. The Morgan fingerprint density at radius 2 is 1.95 bits per heavy atom. The second-order valence-electron chi connectivity index (χ2n) is 4.92. The van der Waals surface area contributed by atoms with Gasteiger partial charge in [-0.1, -0.05) is 42.5 Å². The average Bonchev–Trinajstić information content (AvgIpc) is 2.88. The molecule has 3 rings (SSSR count). The Morgan fingerprint density at radius 1 is 1.19 bits per heavy atom. The Hall–Kier alpha value is -2.62. The molecule has 1 aromatic heterocycles. The third-order valence-electron chi connectivity index (χ3n) is 3.62. The second kappa shape index (κ2) is 5.40. The number of nitrogens with zero attached hydrogens (tertiary/aromatic N) is 2. The van der Waals surface area contributed by atoms with Crippen LogP contribution in [0.5, 0.6) is 5.75 Å². The van der Waals surface area contributed by atoms with E-state index in [0.29, 0.717) is 17.9 Å². The van der Waals surface area contributed by atoms with Crippen molar-refractivity contribution in [2.24, 2.45) is 7.05 Å². The van der Waals surface area contributed by atoms with Crippen LogP contribution in [0.15, 0.2) is 48.7 Å². The first-order valence-corrected chi connectivity index (χ1v) is 6.76. The van der Waals surface area contributed by atoms with Gasteiger partial charge in [-0.2, -0.15) is 5.10 Å². The van der Waals surface area contributed by atoms with Crippen molar-refractivity contribution in [3.05, 3.63) is 59.9 Å². The molecule has 0 aliphatic carbocycles. The molecule has 4 nitrogen and oxygen atoms in total. The molecule has 0 radical (unpaired) electrons. The standard InChI is InChI=1S/C17H16N2O2/c1-19-17(16(21-2)11-18-19)15(20)10-13-8-5-7-12-6-3-4-9-14(12)13/h3-9,11H,10H2,1-2H3. The molecule has 0 saturated heterocycles. The van der Waals surface area contributed by atoms with E-state index in [2.05, 4.69) is 5.10 Å². The Balaban J connectivity index is 1.99. The lowest BCUT2D eigenvalue weighted by atomic mass is 9.99. The summed E-state index contributed by atoms with van der Waals surface area (Å²) in [6.07, 6.45) is 1.90. The highest BCUT2D eigenvalue weighted by Crippen LogP contribution is 2.23. The fraction of sp³-hybridized carbons (Fsp3) is 0.176. The number of hydrogen-bond acceptors (Lipinski definition) is 3. The molecular weight excluding hydrogens is 264 g/mol. The van der Waals surface area contributed by atoms with Crippen LogP contribution < -0.4 is 4.74 Å². The highest BCUT2D eigenvalue weighted by molar-refractivity contribution is 6.00. The minimum absolute atomic E-state index is 0.00297. The van der Waals surface area contributed by atoms with E-state index in [-0.39, 0.29) is 5.78 Å². The van der Waals surface area contributed by atoms with Crippen molar-refractivity contribution >= 4 is 16.6 Å². The molecule has 0 amide bonds. The SMILES string of the molecule is COc1cnn(C)c1C(=O)Cc1cccc2ccccc12. The zero-order valence-electron chi connectivity index (χ0n) is 12.0. The highest BCUT2D eigenvalue weighted by atomic mass is 16.5. The van der Waals surface area contributed by atoms with Crippen LogP contribution >= 0.6 is 0 Å². The van der Waals surface area contributed by atoms with E-state index in [9.17, 15) is 4.79 Å². The highest BCUT2D eigenvalue weighted by Gasteiger charge is 2.18. The summed E-state index contributed by atoms with van der Waals surface area (Å²) in [7, 11) is 3.30. The zero-order valence-corrected chi connectivity index (χ0v) is 12.0. The van der Waals surface area contributed by atoms with Crippen molar-refractivity contribution < 1.29 is 9.53 Å². The first-order chi connectivity index (χ1) is 10.2. The second-order valence-corrected chi connectivity index (χ2v) is 4.92. The lowest BCUT2D eigenvalue weighted by molar-refractivity contribution is 0.0981. The number of aromatic nitrogens is 2. The maximum atomic E-state index is 12.6. The molecule has 0 unspecified atom stereocenters. The molecule has 106 valence electrons. The molecule has 4 heteroatoms. The molecule has 0 fully saturated rings. The smallest absolute Gasteiger partial charge is 0.189 e. The van der Waals surface area contributed by atoms with Crippen LogP contribution in [0.25, 0.3) is 10.8 Å². The number of carbonyl (C=O) groups excluding carboxylic acids is 1. The number of carbonyl (C=O) groups is 1. The minimum Gasteiger partial charge on any atom is -0.493 e. The van der Waals surface area contributed by atoms with E-state index in [1.54, 1.807) is 25.0 Å². The molecule has 21 heavy (non-hydrogen) atoms. The lowest BCUT2D eigenvalue weighted by Crippen LogP contribution is -2.11. The fourth-order valence-corrected chi connectivity index (χ4v) is 2.59.